The molecular weight excluding hydrogens is 434 g/mol. The third-order valence-corrected chi connectivity index (χ3v) is 6.95. The van der Waals surface area contributed by atoms with Crippen molar-refractivity contribution >= 4 is 57.5 Å². The molecule has 1 fully saturated rings. The van der Waals surface area contributed by atoms with Gasteiger partial charge in [-0.05, 0) is 25.0 Å². The van der Waals surface area contributed by atoms with Crippen LogP contribution in [0.3, 0.4) is 0 Å². The number of thioether (sulfide) groups is 1. The number of thiophene rings is 1. The summed E-state index contributed by atoms with van der Waals surface area (Å²) in [6.07, 6.45) is 0.732. The van der Waals surface area contributed by atoms with Crippen LogP contribution in [0.2, 0.25) is 4.34 Å². The SMILES string of the molecule is O=C(SC(CC(=O)N1CCC[C@H]1C(=O)O)C(=O)c1ccc(Cl)s1)c1ccccc1. The van der Waals surface area contributed by atoms with E-state index in [0.29, 0.717) is 34.2 Å². The molecule has 29 heavy (non-hydrogen) atoms. The first kappa shape index (κ1) is 21.5. The first-order chi connectivity index (χ1) is 13.9. The summed E-state index contributed by atoms with van der Waals surface area (Å²) in [7, 11) is 0. The van der Waals surface area contributed by atoms with E-state index in [9.17, 15) is 24.3 Å². The number of hydrogen-bond acceptors (Lipinski definition) is 6. The Labute approximate surface area is 180 Å². The average molecular weight is 452 g/mol. The van der Waals surface area contributed by atoms with E-state index in [4.69, 9.17) is 11.6 Å². The summed E-state index contributed by atoms with van der Waals surface area (Å²) in [4.78, 5) is 51.5. The summed E-state index contributed by atoms with van der Waals surface area (Å²) in [5.41, 5.74) is 0.427. The summed E-state index contributed by atoms with van der Waals surface area (Å²) in [5, 5.41) is 8.04. The van der Waals surface area contributed by atoms with Gasteiger partial charge in [-0.1, -0.05) is 53.7 Å². The van der Waals surface area contributed by atoms with Crippen molar-refractivity contribution in [1.82, 2.24) is 4.90 Å². The van der Waals surface area contributed by atoms with Crippen LogP contribution in [-0.4, -0.2) is 50.6 Å². The average Bonchev–Trinajstić information content (AvgIpc) is 3.36. The molecule has 1 aromatic carbocycles. The third-order valence-electron chi connectivity index (χ3n) is 4.59. The Morgan fingerprint density at radius 3 is 2.52 bits per heavy atom. The fourth-order valence-corrected chi connectivity index (χ4v) is 5.27. The van der Waals surface area contributed by atoms with Crippen molar-refractivity contribution in [2.45, 2.75) is 30.6 Å². The fraction of sp³-hybridized carbons (Fsp3) is 0.300. The van der Waals surface area contributed by atoms with Crippen molar-refractivity contribution < 1.29 is 24.3 Å². The van der Waals surface area contributed by atoms with Crippen LogP contribution in [-0.2, 0) is 9.59 Å². The number of amides is 1. The number of likely N-dealkylation sites (tertiary alicyclic amines) is 1. The lowest BCUT2D eigenvalue weighted by Gasteiger charge is -2.23. The van der Waals surface area contributed by atoms with Gasteiger partial charge in [-0.15, -0.1) is 11.3 Å². The number of carbonyl (C=O) groups is 4. The van der Waals surface area contributed by atoms with Crippen LogP contribution in [0, 0.1) is 0 Å². The minimum atomic E-state index is -1.06. The number of aliphatic carboxylic acids is 1. The van der Waals surface area contributed by atoms with E-state index in [0.717, 1.165) is 23.1 Å². The van der Waals surface area contributed by atoms with Crippen LogP contribution in [0.15, 0.2) is 42.5 Å². The second-order valence-electron chi connectivity index (χ2n) is 6.52. The van der Waals surface area contributed by atoms with Gasteiger partial charge in [0.05, 0.1) is 14.5 Å². The Balaban J connectivity index is 1.80. The summed E-state index contributed by atoms with van der Waals surface area (Å²) >= 11 is 7.80. The predicted molar refractivity (Wildman–Crippen MR) is 113 cm³/mol. The zero-order valence-corrected chi connectivity index (χ0v) is 17.6. The van der Waals surface area contributed by atoms with Crippen LogP contribution in [0.25, 0.3) is 0 Å². The molecule has 1 aliphatic rings. The van der Waals surface area contributed by atoms with Crippen molar-refractivity contribution in [1.29, 1.82) is 0 Å². The van der Waals surface area contributed by atoms with Gasteiger partial charge in [0, 0.05) is 18.5 Å². The lowest BCUT2D eigenvalue weighted by atomic mass is 10.1. The fourth-order valence-electron chi connectivity index (χ4n) is 3.16. The molecule has 1 N–H and O–H groups in total. The van der Waals surface area contributed by atoms with Crippen LogP contribution in [0.5, 0.6) is 0 Å². The number of benzene rings is 1. The van der Waals surface area contributed by atoms with Gasteiger partial charge in [-0.2, -0.15) is 0 Å². The highest BCUT2D eigenvalue weighted by Gasteiger charge is 2.37. The first-order valence-electron chi connectivity index (χ1n) is 8.94. The molecule has 0 saturated carbocycles. The minimum Gasteiger partial charge on any atom is -0.480 e. The molecule has 6 nitrogen and oxygen atoms in total. The van der Waals surface area contributed by atoms with E-state index in [1.807, 2.05) is 0 Å². The van der Waals surface area contributed by atoms with Crippen molar-refractivity contribution in [3.63, 3.8) is 0 Å². The summed E-state index contributed by atoms with van der Waals surface area (Å²) < 4.78 is 0.434. The molecule has 0 spiro atoms. The molecule has 2 atom stereocenters. The zero-order chi connectivity index (χ0) is 21.0. The maximum atomic E-state index is 13.0. The van der Waals surface area contributed by atoms with Gasteiger partial charge in [-0.25, -0.2) is 4.79 Å². The van der Waals surface area contributed by atoms with Crippen LogP contribution in [0.4, 0.5) is 0 Å². The number of carboxylic acids is 1. The monoisotopic (exact) mass is 451 g/mol. The molecule has 152 valence electrons. The number of nitrogens with zero attached hydrogens (tertiary/aromatic N) is 1. The summed E-state index contributed by atoms with van der Waals surface area (Å²) in [5.74, 6) is -1.86. The van der Waals surface area contributed by atoms with Gasteiger partial charge in [0.25, 0.3) is 0 Å². The number of rotatable bonds is 7. The predicted octanol–water partition coefficient (Wildman–Crippen LogP) is 3.99. The largest absolute Gasteiger partial charge is 0.480 e. The van der Waals surface area contributed by atoms with E-state index in [1.165, 1.54) is 4.90 Å². The molecule has 0 radical (unpaired) electrons. The van der Waals surface area contributed by atoms with Crippen LogP contribution >= 0.6 is 34.7 Å². The molecule has 1 aliphatic heterocycles. The quantitative estimate of drug-likeness (QED) is 0.640. The lowest BCUT2D eigenvalue weighted by Crippen LogP contribution is -2.42. The van der Waals surface area contributed by atoms with Crippen molar-refractivity contribution in [2.24, 2.45) is 0 Å². The molecular formula is C20H18ClNO5S2. The highest BCUT2D eigenvalue weighted by Crippen LogP contribution is 2.30. The lowest BCUT2D eigenvalue weighted by molar-refractivity contribution is -0.148. The smallest absolute Gasteiger partial charge is 0.326 e. The molecule has 2 heterocycles. The molecule has 1 saturated heterocycles. The number of ketones is 1. The second kappa shape index (κ2) is 9.56. The zero-order valence-electron chi connectivity index (χ0n) is 15.2. The maximum Gasteiger partial charge on any atom is 0.326 e. The van der Waals surface area contributed by atoms with Gasteiger partial charge in [0.15, 0.2) is 5.78 Å². The van der Waals surface area contributed by atoms with E-state index < -0.39 is 23.2 Å². The Morgan fingerprint density at radius 2 is 1.90 bits per heavy atom. The molecule has 1 amide bonds. The van der Waals surface area contributed by atoms with Crippen LogP contribution < -0.4 is 0 Å². The van der Waals surface area contributed by atoms with Gasteiger partial charge in [0.1, 0.15) is 6.04 Å². The maximum absolute atomic E-state index is 13.0. The Bertz CT molecular complexity index is 930. The highest BCUT2D eigenvalue weighted by molar-refractivity contribution is 8.15. The molecule has 0 aliphatic carbocycles. The van der Waals surface area contributed by atoms with E-state index in [2.05, 4.69) is 0 Å². The second-order valence-corrected chi connectivity index (χ2v) is 9.41. The van der Waals surface area contributed by atoms with Gasteiger partial charge in [-0.3, -0.25) is 14.4 Å². The number of hydrogen-bond donors (Lipinski definition) is 1. The van der Waals surface area contributed by atoms with Gasteiger partial charge < -0.3 is 10.0 Å². The molecule has 1 aromatic heterocycles. The molecule has 9 heteroatoms. The van der Waals surface area contributed by atoms with Crippen molar-refractivity contribution in [2.75, 3.05) is 6.54 Å². The number of halogens is 1. The minimum absolute atomic E-state index is 0.249. The molecule has 3 rings (SSSR count). The summed E-state index contributed by atoms with van der Waals surface area (Å²) in [6, 6.07) is 10.8. The molecule has 1 unspecified atom stereocenters. The van der Waals surface area contributed by atoms with Crippen LogP contribution in [0.1, 0.15) is 39.3 Å². The first-order valence-corrected chi connectivity index (χ1v) is 11.0. The number of carbonyl (C=O) groups excluding carboxylic acids is 3. The Kier molecular flexibility index (Phi) is 7.10. The van der Waals surface area contributed by atoms with Crippen molar-refractivity contribution in [3.8, 4) is 0 Å². The topological polar surface area (TPSA) is 91.8 Å². The third kappa shape index (κ3) is 5.26. The van der Waals surface area contributed by atoms with Gasteiger partial charge >= 0.3 is 5.97 Å². The Hall–Kier alpha value is -2.16. The van der Waals surface area contributed by atoms with E-state index in [-0.39, 0.29) is 17.3 Å². The molecule has 2 aromatic rings. The summed E-state index contributed by atoms with van der Waals surface area (Å²) in [6.45, 7) is 0.332. The number of Topliss-reactive ketones (excluding diaryl/α,β-unsaturated/α-hetero) is 1. The highest BCUT2D eigenvalue weighted by atomic mass is 35.5. The standard InChI is InChI=1S/C20H18ClNO5S2/c21-16-9-8-14(28-16)18(24)15(29-20(27)12-5-2-1-3-6-12)11-17(23)22-10-4-7-13(22)19(25)26/h1-3,5-6,8-9,13,15H,4,7,10-11H2,(H,25,26)/t13-,15?/m0/s1. The number of carboxylic acid groups (broad SMARTS) is 1. The van der Waals surface area contributed by atoms with E-state index >= 15 is 0 Å². The van der Waals surface area contributed by atoms with Gasteiger partial charge in [0.2, 0.25) is 11.0 Å². The molecule has 0 bridgehead atoms. The van der Waals surface area contributed by atoms with Crippen molar-refractivity contribution in [3.05, 3.63) is 57.2 Å². The Morgan fingerprint density at radius 1 is 1.17 bits per heavy atom. The normalized spacial score (nSPS) is 17.1. The van der Waals surface area contributed by atoms with E-state index in [1.54, 1.807) is 42.5 Å².